The minimum absolute atomic E-state index is 0.586. The summed E-state index contributed by atoms with van der Waals surface area (Å²) >= 11 is 12.4. The Bertz CT molecular complexity index is 382. The van der Waals surface area contributed by atoms with Crippen molar-refractivity contribution >= 4 is 23.2 Å². The minimum atomic E-state index is 0.586. The van der Waals surface area contributed by atoms with Gasteiger partial charge in [-0.1, -0.05) is 30.1 Å². The van der Waals surface area contributed by atoms with Gasteiger partial charge in [0.05, 0.1) is 11.6 Å². The van der Waals surface area contributed by atoms with Crippen LogP contribution in [-0.4, -0.2) is 13.2 Å². The average Bonchev–Trinajstić information content (AvgIpc) is 2.32. The van der Waals surface area contributed by atoms with Gasteiger partial charge >= 0.3 is 0 Å². The van der Waals surface area contributed by atoms with Crippen molar-refractivity contribution in [1.82, 2.24) is 0 Å². The largest absolute Gasteiger partial charge is 0.492 e. The van der Waals surface area contributed by atoms with Gasteiger partial charge in [0, 0.05) is 11.1 Å². The van der Waals surface area contributed by atoms with Crippen molar-refractivity contribution in [2.75, 3.05) is 13.2 Å². The molecule has 1 unspecified atom stereocenters. The van der Waals surface area contributed by atoms with E-state index in [0.717, 1.165) is 36.4 Å². The van der Waals surface area contributed by atoms with E-state index in [9.17, 15) is 0 Å². The fraction of sp³-hybridized carbons (Fsp3) is 0.571. The zero-order valence-corrected chi connectivity index (χ0v) is 12.5. The molecular formula is C14H21Cl2NO. The van der Waals surface area contributed by atoms with Gasteiger partial charge in [0.2, 0.25) is 0 Å². The molecule has 0 aromatic heterocycles. The molecule has 0 saturated carbocycles. The highest BCUT2D eigenvalue weighted by atomic mass is 35.5. The van der Waals surface area contributed by atoms with Gasteiger partial charge < -0.3 is 10.5 Å². The average molecular weight is 290 g/mol. The number of hydrogen-bond donors (Lipinski definition) is 1. The molecule has 4 heteroatoms. The highest BCUT2D eigenvalue weighted by Gasteiger charge is 2.09. The van der Waals surface area contributed by atoms with Gasteiger partial charge in [0.1, 0.15) is 5.75 Å². The fourth-order valence-corrected chi connectivity index (χ4v) is 2.35. The van der Waals surface area contributed by atoms with Crippen LogP contribution < -0.4 is 10.5 Å². The molecule has 0 saturated heterocycles. The van der Waals surface area contributed by atoms with Crippen LogP contribution in [-0.2, 0) is 6.42 Å². The zero-order valence-electron chi connectivity index (χ0n) is 11.0. The first-order valence-corrected chi connectivity index (χ1v) is 7.14. The first kappa shape index (κ1) is 15.6. The summed E-state index contributed by atoms with van der Waals surface area (Å²) in [5, 5.41) is 1.35. The predicted molar refractivity (Wildman–Crippen MR) is 78.8 cm³/mol. The third kappa shape index (κ3) is 4.68. The van der Waals surface area contributed by atoms with Crippen LogP contribution >= 0.6 is 23.2 Å². The summed E-state index contributed by atoms with van der Waals surface area (Å²) in [7, 11) is 0. The Morgan fingerprint density at radius 2 is 1.94 bits per heavy atom. The second-order valence-corrected chi connectivity index (χ2v) is 5.34. The molecule has 2 N–H and O–H groups in total. The first-order valence-electron chi connectivity index (χ1n) is 6.39. The van der Waals surface area contributed by atoms with Crippen LogP contribution in [0, 0.1) is 5.92 Å². The molecule has 102 valence electrons. The molecule has 0 spiro atoms. The van der Waals surface area contributed by atoms with Gasteiger partial charge in [-0.05, 0) is 50.3 Å². The summed E-state index contributed by atoms with van der Waals surface area (Å²) in [4.78, 5) is 0. The summed E-state index contributed by atoms with van der Waals surface area (Å²) in [5.41, 5.74) is 6.62. The molecule has 1 aromatic carbocycles. The van der Waals surface area contributed by atoms with E-state index < -0.39 is 0 Å². The SMILES string of the molecule is CCOc1cc(Cl)c(CCC(C)CCN)cc1Cl. The van der Waals surface area contributed by atoms with Crippen LogP contribution in [0.3, 0.4) is 0 Å². The molecule has 0 aliphatic rings. The van der Waals surface area contributed by atoms with E-state index in [0.29, 0.717) is 23.3 Å². The molecule has 0 heterocycles. The molecule has 1 atom stereocenters. The quantitative estimate of drug-likeness (QED) is 0.812. The maximum Gasteiger partial charge on any atom is 0.139 e. The molecule has 1 rings (SSSR count). The number of ether oxygens (including phenoxy) is 1. The van der Waals surface area contributed by atoms with Gasteiger partial charge in [0.25, 0.3) is 0 Å². The third-order valence-corrected chi connectivity index (χ3v) is 3.61. The fourth-order valence-electron chi connectivity index (χ4n) is 1.86. The van der Waals surface area contributed by atoms with Crippen molar-refractivity contribution in [1.29, 1.82) is 0 Å². The first-order chi connectivity index (χ1) is 8.58. The Morgan fingerprint density at radius 3 is 2.56 bits per heavy atom. The van der Waals surface area contributed by atoms with Crippen LogP contribution in [0.4, 0.5) is 0 Å². The van der Waals surface area contributed by atoms with E-state index in [1.807, 2.05) is 13.0 Å². The lowest BCUT2D eigenvalue weighted by molar-refractivity contribution is 0.340. The van der Waals surface area contributed by atoms with Crippen molar-refractivity contribution in [2.45, 2.75) is 33.1 Å². The van der Waals surface area contributed by atoms with Crippen LogP contribution in [0.2, 0.25) is 10.0 Å². The van der Waals surface area contributed by atoms with Gasteiger partial charge in [-0.2, -0.15) is 0 Å². The van der Waals surface area contributed by atoms with Crippen molar-refractivity contribution in [3.63, 3.8) is 0 Å². The normalized spacial score (nSPS) is 12.5. The number of nitrogens with two attached hydrogens (primary N) is 1. The number of rotatable bonds is 7. The summed E-state index contributed by atoms with van der Waals surface area (Å²) in [5.74, 6) is 1.26. The van der Waals surface area contributed by atoms with Crippen LogP contribution in [0.5, 0.6) is 5.75 Å². The van der Waals surface area contributed by atoms with Gasteiger partial charge in [0.15, 0.2) is 0 Å². The van der Waals surface area contributed by atoms with Gasteiger partial charge in [-0.25, -0.2) is 0 Å². The standard InChI is InChI=1S/C14H21Cl2NO/c1-3-18-14-9-12(15)11(8-13(14)16)5-4-10(2)6-7-17/h8-10H,3-7,17H2,1-2H3. The molecular weight excluding hydrogens is 269 g/mol. The molecule has 0 bridgehead atoms. The molecule has 2 nitrogen and oxygen atoms in total. The lowest BCUT2D eigenvalue weighted by Crippen LogP contribution is -2.06. The lowest BCUT2D eigenvalue weighted by atomic mass is 9.98. The third-order valence-electron chi connectivity index (χ3n) is 2.97. The molecule has 0 aliphatic carbocycles. The highest BCUT2D eigenvalue weighted by Crippen LogP contribution is 2.32. The smallest absolute Gasteiger partial charge is 0.139 e. The summed E-state index contributed by atoms with van der Waals surface area (Å²) in [6.07, 6.45) is 3.04. The molecule has 1 aromatic rings. The van der Waals surface area contributed by atoms with Crippen molar-refractivity contribution in [3.05, 3.63) is 27.7 Å². The minimum Gasteiger partial charge on any atom is -0.492 e. The lowest BCUT2D eigenvalue weighted by Gasteiger charge is -2.13. The second kappa shape index (κ2) is 7.88. The maximum absolute atomic E-state index is 6.23. The van der Waals surface area contributed by atoms with Crippen molar-refractivity contribution < 1.29 is 4.74 Å². The summed E-state index contributed by atoms with van der Waals surface area (Å²) in [6.45, 7) is 5.45. The summed E-state index contributed by atoms with van der Waals surface area (Å²) < 4.78 is 5.40. The molecule has 0 fully saturated rings. The maximum atomic E-state index is 6.23. The number of hydrogen-bond acceptors (Lipinski definition) is 2. The topological polar surface area (TPSA) is 35.2 Å². The second-order valence-electron chi connectivity index (χ2n) is 4.53. The highest BCUT2D eigenvalue weighted by molar-refractivity contribution is 6.34. The summed E-state index contributed by atoms with van der Waals surface area (Å²) in [6, 6.07) is 3.71. The number of benzene rings is 1. The molecule has 18 heavy (non-hydrogen) atoms. The van der Waals surface area contributed by atoms with E-state index >= 15 is 0 Å². The van der Waals surface area contributed by atoms with Gasteiger partial charge in [-0.3, -0.25) is 0 Å². The Hall–Kier alpha value is -0.440. The van der Waals surface area contributed by atoms with E-state index in [2.05, 4.69) is 6.92 Å². The Morgan fingerprint density at radius 1 is 1.22 bits per heavy atom. The van der Waals surface area contributed by atoms with Crippen LogP contribution in [0.25, 0.3) is 0 Å². The molecule has 0 amide bonds. The Labute approximate surface area is 119 Å². The van der Waals surface area contributed by atoms with Crippen molar-refractivity contribution in [3.8, 4) is 5.75 Å². The predicted octanol–water partition coefficient (Wildman–Crippen LogP) is 4.31. The Kier molecular flexibility index (Phi) is 6.83. The van der Waals surface area contributed by atoms with Crippen molar-refractivity contribution in [2.24, 2.45) is 11.7 Å². The van der Waals surface area contributed by atoms with Gasteiger partial charge in [-0.15, -0.1) is 0 Å². The monoisotopic (exact) mass is 289 g/mol. The van der Waals surface area contributed by atoms with E-state index in [1.165, 1.54) is 0 Å². The van der Waals surface area contributed by atoms with Crippen LogP contribution in [0.1, 0.15) is 32.3 Å². The molecule has 0 radical (unpaired) electrons. The van der Waals surface area contributed by atoms with E-state index in [4.69, 9.17) is 33.7 Å². The van der Waals surface area contributed by atoms with E-state index in [1.54, 1.807) is 6.07 Å². The Balaban J connectivity index is 2.69. The number of halogens is 2. The van der Waals surface area contributed by atoms with E-state index in [-0.39, 0.29) is 0 Å². The zero-order chi connectivity index (χ0) is 13.5. The van der Waals surface area contributed by atoms with Crippen LogP contribution in [0.15, 0.2) is 12.1 Å². The molecule has 0 aliphatic heterocycles. The number of aryl methyl sites for hydroxylation is 1.